The molecule has 14 heavy (non-hydrogen) atoms. The van der Waals surface area contributed by atoms with Gasteiger partial charge in [0, 0.05) is 19.5 Å². The molecule has 0 bridgehead atoms. The van der Waals surface area contributed by atoms with Crippen LogP contribution in [0.5, 0.6) is 0 Å². The zero-order valence-corrected chi connectivity index (χ0v) is 7.56. The zero-order valence-electron chi connectivity index (χ0n) is 7.56. The maximum Gasteiger partial charge on any atom is 0.323 e. The van der Waals surface area contributed by atoms with Gasteiger partial charge >= 0.3 is 11.9 Å². The Bertz CT molecular complexity index is 227. The number of hydrazine groups is 2. The van der Waals surface area contributed by atoms with Crippen molar-refractivity contribution < 1.29 is 19.8 Å². The van der Waals surface area contributed by atoms with Gasteiger partial charge in [0.05, 0.1) is 0 Å². The van der Waals surface area contributed by atoms with Crippen LogP contribution in [0.25, 0.3) is 0 Å². The molecule has 1 saturated heterocycles. The third-order valence-electron chi connectivity index (χ3n) is 1.92. The number of carboxylic acids is 2. The highest BCUT2D eigenvalue weighted by Gasteiger charge is 2.28. The predicted molar refractivity (Wildman–Crippen MR) is 46.1 cm³/mol. The van der Waals surface area contributed by atoms with Gasteiger partial charge in [-0.1, -0.05) is 0 Å². The maximum atomic E-state index is 10.8. The summed E-state index contributed by atoms with van der Waals surface area (Å²) in [5.74, 6) is -2.02. The summed E-state index contributed by atoms with van der Waals surface area (Å²) in [7, 11) is 0. The van der Waals surface area contributed by atoms with Crippen LogP contribution >= 0.6 is 0 Å². The van der Waals surface area contributed by atoms with E-state index in [1.165, 1.54) is 5.12 Å². The van der Waals surface area contributed by atoms with Crippen molar-refractivity contribution in [3.8, 4) is 0 Å². The van der Waals surface area contributed by atoms with Crippen LogP contribution in [0.4, 0.5) is 0 Å². The van der Waals surface area contributed by atoms with Crippen molar-refractivity contribution in [1.82, 2.24) is 16.0 Å². The highest BCUT2D eigenvalue weighted by Crippen LogP contribution is 2.05. The second kappa shape index (κ2) is 4.89. The Morgan fingerprint density at radius 2 is 1.86 bits per heavy atom. The summed E-state index contributed by atoms with van der Waals surface area (Å²) >= 11 is 0. The van der Waals surface area contributed by atoms with Crippen molar-refractivity contribution in [1.29, 1.82) is 0 Å². The Labute approximate surface area is 80.6 Å². The van der Waals surface area contributed by atoms with Crippen LogP contribution < -0.4 is 10.9 Å². The number of nitrogens with zero attached hydrogens (tertiary/aromatic N) is 1. The monoisotopic (exact) mass is 203 g/mol. The number of hydrogen-bond donors (Lipinski definition) is 4. The third-order valence-corrected chi connectivity index (χ3v) is 1.92. The van der Waals surface area contributed by atoms with E-state index >= 15 is 0 Å². The van der Waals surface area contributed by atoms with Gasteiger partial charge in [-0.3, -0.25) is 9.59 Å². The molecule has 1 aliphatic heterocycles. The molecule has 0 saturated carbocycles. The molecule has 0 aromatic carbocycles. The van der Waals surface area contributed by atoms with Gasteiger partial charge in [-0.05, 0) is 6.42 Å². The number of hydrogen-bond acceptors (Lipinski definition) is 5. The zero-order chi connectivity index (χ0) is 10.6. The quantitative estimate of drug-likeness (QED) is 0.437. The molecule has 1 fully saturated rings. The summed E-state index contributed by atoms with van der Waals surface area (Å²) in [6.45, 7) is 1.30. The van der Waals surface area contributed by atoms with E-state index in [9.17, 15) is 9.59 Å². The van der Waals surface area contributed by atoms with Gasteiger partial charge in [-0.15, -0.1) is 0 Å². The Balaban J connectivity index is 2.45. The van der Waals surface area contributed by atoms with E-state index in [1.807, 2.05) is 0 Å². The van der Waals surface area contributed by atoms with Crippen molar-refractivity contribution >= 4 is 11.9 Å². The molecule has 1 rings (SSSR count). The van der Waals surface area contributed by atoms with Crippen molar-refractivity contribution in [2.45, 2.75) is 18.9 Å². The fourth-order valence-corrected chi connectivity index (χ4v) is 1.25. The standard InChI is InChI=1S/C7H13N3O4/c11-6(12)2-1-5(7(13)14)10-8-3-4-9-10/h5,8-9H,1-4H2,(H,11,12)(H,13,14)/t5-/m0/s1. The Morgan fingerprint density at radius 1 is 1.29 bits per heavy atom. The summed E-state index contributed by atoms with van der Waals surface area (Å²) in [4.78, 5) is 21.1. The average molecular weight is 203 g/mol. The summed E-state index contributed by atoms with van der Waals surface area (Å²) < 4.78 is 0. The first-order valence-electron chi connectivity index (χ1n) is 4.32. The Hall–Kier alpha value is -1.18. The van der Waals surface area contributed by atoms with Crippen LogP contribution in [-0.4, -0.2) is 46.4 Å². The van der Waals surface area contributed by atoms with Gasteiger partial charge in [-0.2, -0.15) is 5.12 Å². The second-order valence-electron chi connectivity index (χ2n) is 2.97. The predicted octanol–water partition coefficient (Wildman–Crippen LogP) is -1.37. The van der Waals surface area contributed by atoms with Gasteiger partial charge in [0.2, 0.25) is 0 Å². The summed E-state index contributed by atoms with van der Waals surface area (Å²) in [5.41, 5.74) is 5.62. The van der Waals surface area contributed by atoms with Crippen LogP contribution in [0.3, 0.4) is 0 Å². The van der Waals surface area contributed by atoms with E-state index < -0.39 is 18.0 Å². The number of carbonyl (C=O) groups is 2. The van der Waals surface area contributed by atoms with Gasteiger partial charge in [0.25, 0.3) is 0 Å². The number of nitrogens with one attached hydrogen (secondary N) is 2. The smallest absolute Gasteiger partial charge is 0.323 e. The minimum absolute atomic E-state index is 0.0741. The molecule has 1 atom stereocenters. The lowest BCUT2D eigenvalue weighted by Crippen LogP contribution is -2.50. The average Bonchev–Trinajstić information content (AvgIpc) is 2.56. The van der Waals surface area contributed by atoms with Crippen LogP contribution in [-0.2, 0) is 9.59 Å². The number of aliphatic carboxylic acids is 2. The second-order valence-corrected chi connectivity index (χ2v) is 2.97. The van der Waals surface area contributed by atoms with Gasteiger partial charge in [0.15, 0.2) is 0 Å². The van der Waals surface area contributed by atoms with E-state index in [0.29, 0.717) is 13.1 Å². The van der Waals surface area contributed by atoms with Crippen LogP contribution in [0.1, 0.15) is 12.8 Å². The first-order chi connectivity index (χ1) is 6.61. The third kappa shape index (κ3) is 2.95. The van der Waals surface area contributed by atoms with Crippen molar-refractivity contribution in [2.75, 3.05) is 13.1 Å². The van der Waals surface area contributed by atoms with E-state index in [4.69, 9.17) is 10.2 Å². The lowest BCUT2D eigenvalue weighted by molar-refractivity contribution is -0.146. The molecule has 0 aromatic heterocycles. The summed E-state index contributed by atoms with van der Waals surface area (Å²) in [6.07, 6.45) is -0.0819. The SMILES string of the molecule is O=C(O)CC[C@@H](C(=O)O)N1NCCN1. The molecule has 7 heteroatoms. The highest BCUT2D eigenvalue weighted by molar-refractivity contribution is 5.74. The van der Waals surface area contributed by atoms with Gasteiger partial charge in [-0.25, -0.2) is 10.9 Å². The molecule has 7 nitrogen and oxygen atoms in total. The lowest BCUT2D eigenvalue weighted by atomic mass is 10.1. The molecule has 0 spiro atoms. The highest BCUT2D eigenvalue weighted by atomic mass is 16.4. The molecule has 1 aliphatic rings. The van der Waals surface area contributed by atoms with Crippen LogP contribution in [0.2, 0.25) is 0 Å². The molecule has 0 unspecified atom stereocenters. The molecular formula is C7H13N3O4. The topological polar surface area (TPSA) is 102 Å². The number of carboxylic acid groups (broad SMARTS) is 2. The molecule has 0 aliphatic carbocycles. The molecular weight excluding hydrogens is 190 g/mol. The first kappa shape index (κ1) is 10.9. The van der Waals surface area contributed by atoms with Gasteiger partial charge in [0.1, 0.15) is 6.04 Å². The minimum Gasteiger partial charge on any atom is -0.481 e. The largest absolute Gasteiger partial charge is 0.481 e. The van der Waals surface area contributed by atoms with Crippen LogP contribution in [0, 0.1) is 0 Å². The van der Waals surface area contributed by atoms with Crippen LogP contribution in [0.15, 0.2) is 0 Å². The van der Waals surface area contributed by atoms with Crippen molar-refractivity contribution in [3.05, 3.63) is 0 Å². The molecule has 80 valence electrons. The Kier molecular flexibility index (Phi) is 3.81. The Morgan fingerprint density at radius 3 is 2.29 bits per heavy atom. The van der Waals surface area contributed by atoms with E-state index in [2.05, 4.69) is 10.9 Å². The molecule has 1 heterocycles. The minimum atomic E-state index is -1.03. The first-order valence-corrected chi connectivity index (χ1v) is 4.32. The fraction of sp³-hybridized carbons (Fsp3) is 0.714. The van der Waals surface area contributed by atoms with E-state index in [0.717, 1.165) is 0 Å². The number of rotatable bonds is 5. The summed E-state index contributed by atoms with van der Waals surface area (Å²) in [5, 5.41) is 18.6. The summed E-state index contributed by atoms with van der Waals surface area (Å²) in [6, 6.07) is -0.839. The normalized spacial score (nSPS) is 19.4. The fourth-order valence-electron chi connectivity index (χ4n) is 1.25. The molecule has 0 amide bonds. The molecule has 0 radical (unpaired) electrons. The van der Waals surface area contributed by atoms with Crippen molar-refractivity contribution in [2.24, 2.45) is 0 Å². The van der Waals surface area contributed by atoms with E-state index in [-0.39, 0.29) is 12.8 Å². The lowest BCUT2D eigenvalue weighted by Gasteiger charge is -2.22. The molecule has 0 aromatic rings. The van der Waals surface area contributed by atoms with E-state index in [1.54, 1.807) is 0 Å². The van der Waals surface area contributed by atoms with Crippen molar-refractivity contribution in [3.63, 3.8) is 0 Å². The van der Waals surface area contributed by atoms with Gasteiger partial charge < -0.3 is 10.2 Å². The maximum absolute atomic E-state index is 10.8. The molecule has 4 N–H and O–H groups in total.